The number of carbonyl (C=O) groups excluding carboxylic acids is 5. The number of nitrogens with zero attached hydrogens (tertiary/aromatic N) is 3. The lowest BCUT2D eigenvalue weighted by Crippen LogP contribution is -2.50. The molecule has 0 bridgehead atoms. The Bertz CT molecular complexity index is 2790. The summed E-state index contributed by atoms with van der Waals surface area (Å²) in [6.45, 7) is 3.75. The molecule has 0 spiro atoms. The largest absolute Gasteiger partial charge is 0.493 e. The molecule has 2 aliphatic carbocycles. The van der Waals surface area contributed by atoms with Gasteiger partial charge in [-0.15, -0.1) is 0 Å². The molecule has 384 valence electrons. The Labute approximate surface area is 424 Å². The highest BCUT2D eigenvalue weighted by atomic mass is 16.5. The number of aliphatic hydroxyl groups is 1. The number of esters is 1. The van der Waals surface area contributed by atoms with E-state index in [0.717, 1.165) is 17.7 Å². The van der Waals surface area contributed by atoms with E-state index in [1.165, 1.54) is 21.1 Å². The van der Waals surface area contributed by atoms with Crippen LogP contribution in [0.2, 0.25) is 0 Å². The SMILES string of the molecule is COC(=O)CCCCC(=O)N[C@@H](C)C(=O)N[C@@H](C)C(=O)Nc1cc(COc2cc3c(cc2OC)C(O)N2c4ccccc4CC2C=N3)cc(COC2C=C3NC[C@@H]4CC5C=CC=CC5N4C(=O)C3=CC2OC)c1. The highest BCUT2D eigenvalue weighted by Gasteiger charge is 2.46. The summed E-state index contributed by atoms with van der Waals surface area (Å²) >= 11 is 0. The Morgan fingerprint density at radius 2 is 1.63 bits per heavy atom. The lowest BCUT2D eigenvalue weighted by atomic mass is 9.93. The minimum atomic E-state index is -1.00. The summed E-state index contributed by atoms with van der Waals surface area (Å²) in [5.74, 6) is -0.777. The van der Waals surface area contributed by atoms with Crippen LogP contribution >= 0.6 is 0 Å². The van der Waals surface area contributed by atoms with Crippen LogP contribution in [0.15, 0.2) is 107 Å². The van der Waals surface area contributed by atoms with Gasteiger partial charge in [0, 0.05) is 73.8 Å². The first-order valence-corrected chi connectivity index (χ1v) is 24.9. The smallest absolute Gasteiger partial charge is 0.305 e. The molecular formula is C55H63N7O11. The van der Waals surface area contributed by atoms with Gasteiger partial charge in [-0.25, -0.2) is 0 Å². The van der Waals surface area contributed by atoms with Gasteiger partial charge < -0.3 is 59.9 Å². The van der Waals surface area contributed by atoms with Gasteiger partial charge >= 0.3 is 5.97 Å². The van der Waals surface area contributed by atoms with Gasteiger partial charge in [0.2, 0.25) is 17.7 Å². The normalized spacial score (nSPS) is 23.8. The van der Waals surface area contributed by atoms with E-state index in [1.807, 2.05) is 64.6 Å². The van der Waals surface area contributed by atoms with Gasteiger partial charge in [-0.3, -0.25) is 29.0 Å². The summed E-state index contributed by atoms with van der Waals surface area (Å²) in [5, 5.41) is 23.5. The molecule has 2 saturated heterocycles. The Morgan fingerprint density at radius 1 is 0.863 bits per heavy atom. The van der Waals surface area contributed by atoms with E-state index in [9.17, 15) is 29.1 Å². The second-order valence-corrected chi connectivity index (χ2v) is 19.2. The van der Waals surface area contributed by atoms with E-state index in [0.29, 0.717) is 76.6 Å². The molecule has 5 N–H and O–H groups in total. The van der Waals surface area contributed by atoms with E-state index in [4.69, 9.17) is 23.9 Å². The van der Waals surface area contributed by atoms with Crippen LogP contribution in [0.3, 0.4) is 0 Å². The minimum absolute atomic E-state index is 0.000837. The molecule has 4 heterocycles. The summed E-state index contributed by atoms with van der Waals surface area (Å²) < 4.78 is 29.4. The zero-order chi connectivity index (χ0) is 51.3. The molecule has 9 rings (SSSR count). The van der Waals surface area contributed by atoms with Gasteiger partial charge in [0.25, 0.3) is 5.91 Å². The Morgan fingerprint density at radius 3 is 2.42 bits per heavy atom. The van der Waals surface area contributed by atoms with Crippen LogP contribution in [0.1, 0.15) is 74.4 Å². The Balaban J connectivity index is 0.911. The first kappa shape index (κ1) is 50.7. The van der Waals surface area contributed by atoms with E-state index in [1.54, 1.807) is 38.3 Å². The molecular weight excluding hydrogens is 935 g/mol. The molecule has 73 heavy (non-hydrogen) atoms. The standard InChI is InChI=1S/C55H63N7O11/c1-31(58-50(63)16-10-11-17-51(64)71-5)52(65)59-32(2)53(66)60-37-19-33(29-72-48-25-42-40(23-46(48)69-3)54(67)61-38(27-56-42)21-35-12-6-8-14-44(35)61)18-34(20-37)30-73-49-26-43-41(24-47(49)70-4)55(68)62-39(28-57-43)22-36-13-7-9-15-45(36)62/h6-9,12-15,18-20,23-27,31-32,36,38-39,45,47,49,54,57,67H,10-11,16-17,21-22,28-30H2,1-5H3,(H,58,63)(H,59,65)(H,60,66)/t31-,32-,36?,38?,39-,45?,47?,49?,54?/m0/s1. The first-order chi connectivity index (χ1) is 35.3. The van der Waals surface area contributed by atoms with E-state index >= 15 is 0 Å². The van der Waals surface area contributed by atoms with Crippen molar-refractivity contribution in [3.63, 3.8) is 0 Å². The maximum atomic E-state index is 14.2. The van der Waals surface area contributed by atoms with Crippen LogP contribution in [0.4, 0.5) is 17.1 Å². The van der Waals surface area contributed by atoms with Crippen molar-refractivity contribution in [2.45, 2.75) is 114 Å². The van der Waals surface area contributed by atoms with Crippen LogP contribution in [-0.2, 0) is 57.8 Å². The van der Waals surface area contributed by atoms with Crippen LogP contribution in [0.25, 0.3) is 0 Å². The number of rotatable bonds is 18. The average molecular weight is 998 g/mol. The fourth-order valence-corrected chi connectivity index (χ4v) is 10.5. The fourth-order valence-electron chi connectivity index (χ4n) is 10.5. The fraction of sp³-hybridized carbons (Fsp3) is 0.418. The van der Waals surface area contributed by atoms with Gasteiger partial charge in [0.15, 0.2) is 17.7 Å². The predicted octanol–water partition coefficient (Wildman–Crippen LogP) is 5.13. The number of nitrogens with one attached hydrogen (secondary N) is 4. The average Bonchev–Trinajstić information content (AvgIpc) is 3.89. The molecule has 2 fully saturated rings. The lowest BCUT2D eigenvalue weighted by molar-refractivity contribution is -0.141. The van der Waals surface area contributed by atoms with Gasteiger partial charge in [-0.1, -0.05) is 42.5 Å². The molecule has 18 nitrogen and oxygen atoms in total. The number of benzene rings is 3. The van der Waals surface area contributed by atoms with Crippen LogP contribution < -0.4 is 35.6 Å². The maximum absolute atomic E-state index is 14.2. The zero-order valence-corrected chi connectivity index (χ0v) is 41.7. The van der Waals surface area contributed by atoms with Gasteiger partial charge in [-0.2, -0.15) is 0 Å². The highest BCUT2D eigenvalue weighted by Crippen LogP contribution is 2.45. The van der Waals surface area contributed by atoms with Gasteiger partial charge in [0.05, 0.1) is 50.2 Å². The zero-order valence-electron chi connectivity index (χ0n) is 41.7. The molecule has 3 aromatic rings. The van der Waals surface area contributed by atoms with Crippen molar-refractivity contribution in [1.29, 1.82) is 0 Å². The summed E-state index contributed by atoms with van der Waals surface area (Å²) in [5.41, 5.74) is 6.16. The van der Waals surface area contributed by atoms with Gasteiger partial charge in [0.1, 0.15) is 30.9 Å². The topological polar surface area (TPSA) is 219 Å². The molecule has 4 amide bonds. The number of hydrogen-bond acceptors (Lipinski definition) is 14. The molecule has 4 aliphatic heterocycles. The van der Waals surface area contributed by atoms with Crippen molar-refractivity contribution in [1.82, 2.24) is 20.9 Å². The molecule has 18 heteroatoms. The second-order valence-electron chi connectivity index (χ2n) is 19.2. The first-order valence-electron chi connectivity index (χ1n) is 24.9. The van der Waals surface area contributed by atoms with Crippen molar-refractivity contribution < 1.29 is 52.8 Å². The number of hydrogen-bond donors (Lipinski definition) is 5. The summed E-state index contributed by atoms with van der Waals surface area (Å²) in [7, 11) is 4.42. The third-order valence-corrected chi connectivity index (χ3v) is 14.3. The summed E-state index contributed by atoms with van der Waals surface area (Å²) in [6.07, 6.45) is 14.6. The molecule has 9 atom stereocenters. The number of methoxy groups -OCH3 is 3. The van der Waals surface area contributed by atoms with Gasteiger partial charge in [-0.05, 0) is 92.3 Å². The molecule has 6 aliphatic rings. The third-order valence-electron chi connectivity index (χ3n) is 14.3. The Kier molecular flexibility index (Phi) is 15.4. The second kappa shape index (κ2) is 22.2. The lowest BCUT2D eigenvalue weighted by Gasteiger charge is -2.31. The minimum Gasteiger partial charge on any atom is -0.493 e. The van der Waals surface area contributed by atoms with Crippen molar-refractivity contribution >= 4 is 52.9 Å². The van der Waals surface area contributed by atoms with Crippen LogP contribution in [-0.4, -0.2) is 116 Å². The van der Waals surface area contributed by atoms with Crippen LogP contribution in [0, 0.1) is 5.92 Å². The molecule has 0 aromatic heterocycles. The number of unbranched alkanes of at least 4 members (excludes halogenated alkanes) is 1. The van der Waals surface area contributed by atoms with Crippen molar-refractivity contribution in [2.75, 3.05) is 38.1 Å². The van der Waals surface area contributed by atoms with E-state index in [-0.39, 0.29) is 67.9 Å². The third kappa shape index (κ3) is 11.1. The number of allylic oxidation sites excluding steroid dienone is 2. The van der Waals surface area contributed by atoms with Crippen LogP contribution in [0.5, 0.6) is 11.5 Å². The summed E-state index contributed by atoms with van der Waals surface area (Å²) in [4.78, 5) is 73.7. The number of ether oxygens (including phenoxy) is 5. The van der Waals surface area contributed by atoms with Crippen molar-refractivity contribution in [3.05, 3.63) is 125 Å². The number of para-hydroxylation sites is 1. The van der Waals surface area contributed by atoms with Crippen molar-refractivity contribution in [2.24, 2.45) is 10.9 Å². The highest BCUT2D eigenvalue weighted by molar-refractivity contribution is 6.00. The quantitative estimate of drug-likeness (QED) is 0.0826. The monoisotopic (exact) mass is 997 g/mol. The number of anilines is 2. The molecule has 3 aromatic carbocycles. The number of aliphatic hydroxyl groups excluding tert-OH is 1. The number of fused-ring (bicyclic) bond motifs is 8. The summed E-state index contributed by atoms with van der Waals surface area (Å²) in [6, 6.07) is 14.9. The number of aliphatic imine (C=N–C) groups is 1. The van der Waals surface area contributed by atoms with E-state index < -0.39 is 42.3 Å². The number of amides is 4. The molecule has 0 radical (unpaired) electrons. The number of carbonyl (C=O) groups is 5. The van der Waals surface area contributed by atoms with Crippen molar-refractivity contribution in [3.8, 4) is 11.5 Å². The Hall–Kier alpha value is -7.28. The van der Waals surface area contributed by atoms with E-state index in [2.05, 4.69) is 44.2 Å². The molecule has 0 saturated carbocycles. The maximum Gasteiger partial charge on any atom is 0.305 e. The molecule has 6 unspecified atom stereocenters. The predicted molar refractivity (Wildman–Crippen MR) is 272 cm³/mol.